The highest BCUT2D eigenvalue weighted by Gasteiger charge is 2.10. The van der Waals surface area contributed by atoms with Gasteiger partial charge >= 0.3 is 0 Å². The minimum atomic E-state index is -0.137. The van der Waals surface area contributed by atoms with E-state index in [0.717, 1.165) is 55.5 Å². The standard InChI is InChI=1S/C21H28N4O2.ClH/c26-20(15-18-7-3-6-17-5-1-2-8-19(17)18)24-16-21(27)23-9-4-12-25-13-10-22-11-14-25;/h1-3,5-8,22H,4,9-16H2,(H,23,27)(H,24,26);1H. The Bertz CT molecular complexity index is 773. The lowest BCUT2D eigenvalue weighted by Crippen LogP contribution is -2.44. The molecule has 3 N–H and O–H groups in total. The number of rotatable bonds is 8. The van der Waals surface area contributed by atoms with E-state index in [4.69, 9.17) is 0 Å². The van der Waals surface area contributed by atoms with Gasteiger partial charge in [0, 0.05) is 32.7 Å². The highest BCUT2D eigenvalue weighted by atomic mass is 35.5. The maximum atomic E-state index is 12.2. The molecular formula is C21H29ClN4O2. The normalized spacial score (nSPS) is 14.3. The third-order valence-corrected chi connectivity index (χ3v) is 4.86. The molecule has 1 saturated heterocycles. The Morgan fingerprint density at radius 3 is 2.54 bits per heavy atom. The number of hydrogen-bond donors (Lipinski definition) is 3. The predicted octanol–water partition coefficient (Wildman–Crippen LogP) is 1.33. The van der Waals surface area contributed by atoms with E-state index in [1.54, 1.807) is 0 Å². The summed E-state index contributed by atoms with van der Waals surface area (Å²) in [6.07, 6.45) is 1.20. The molecule has 0 saturated carbocycles. The summed E-state index contributed by atoms with van der Waals surface area (Å²) in [7, 11) is 0. The summed E-state index contributed by atoms with van der Waals surface area (Å²) >= 11 is 0. The summed E-state index contributed by atoms with van der Waals surface area (Å²) in [4.78, 5) is 26.5. The highest BCUT2D eigenvalue weighted by molar-refractivity contribution is 5.91. The first-order chi connectivity index (χ1) is 13.2. The molecule has 0 unspecified atom stereocenters. The molecule has 6 nitrogen and oxygen atoms in total. The van der Waals surface area contributed by atoms with E-state index in [1.807, 2.05) is 42.5 Å². The van der Waals surface area contributed by atoms with E-state index in [9.17, 15) is 9.59 Å². The zero-order chi connectivity index (χ0) is 18.9. The van der Waals surface area contributed by atoms with Gasteiger partial charge in [0.2, 0.25) is 11.8 Å². The van der Waals surface area contributed by atoms with Gasteiger partial charge in [0.1, 0.15) is 0 Å². The van der Waals surface area contributed by atoms with Gasteiger partial charge in [-0.15, -0.1) is 12.4 Å². The number of fused-ring (bicyclic) bond motifs is 1. The monoisotopic (exact) mass is 404 g/mol. The van der Waals surface area contributed by atoms with Crippen LogP contribution in [0.3, 0.4) is 0 Å². The first-order valence-electron chi connectivity index (χ1n) is 9.65. The van der Waals surface area contributed by atoms with E-state index in [0.29, 0.717) is 6.54 Å². The van der Waals surface area contributed by atoms with Crippen molar-refractivity contribution in [2.75, 3.05) is 45.8 Å². The Balaban J connectivity index is 0.00000280. The SMILES string of the molecule is Cl.O=C(CNC(=O)Cc1cccc2ccccc12)NCCCN1CCNCC1. The van der Waals surface area contributed by atoms with Crippen molar-refractivity contribution >= 4 is 35.0 Å². The number of amides is 2. The number of hydrogen-bond acceptors (Lipinski definition) is 4. The molecule has 0 radical (unpaired) electrons. The van der Waals surface area contributed by atoms with E-state index < -0.39 is 0 Å². The van der Waals surface area contributed by atoms with Gasteiger partial charge in [0.05, 0.1) is 13.0 Å². The summed E-state index contributed by atoms with van der Waals surface area (Å²) in [5.41, 5.74) is 0.974. The second-order valence-electron chi connectivity index (χ2n) is 6.89. The number of nitrogens with one attached hydrogen (secondary N) is 3. The van der Waals surface area contributed by atoms with Crippen LogP contribution in [0.15, 0.2) is 42.5 Å². The van der Waals surface area contributed by atoms with Gasteiger partial charge < -0.3 is 20.9 Å². The van der Waals surface area contributed by atoms with E-state index in [1.165, 1.54) is 0 Å². The van der Waals surface area contributed by atoms with Crippen LogP contribution >= 0.6 is 12.4 Å². The lowest BCUT2D eigenvalue weighted by atomic mass is 10.0. The summed E-state index contributed by atoms with van der Waals surface area (Å²) < 4.78 is 0. The average molecular weight is 405 g/mol. The fourth-order valence-electron chi connectivity index (χ4n) is 3.39. The van der Waals surface area contributed by atoms with Gasteiger partial charge in [0.15, 0.2) is 0 Å². The van der Waals surface area contributed by atoms with Crippen LogP contribution in [0.2, 0.25) is 0 Å². The zero-order valence-electron chi connectivity index (χ0n) is 16.1. The van der Waals surface area contributed by atoms with Crippen molar-refractivity contribution in [3.8, 4) is 0 Å². The number of carbonyl (C=O) groups is 2. The van der Waals surface area contributed by atoms with Gasteiger partial charge in [-0.25, -0.2) is 0 Å². The van der Waals surface area contributed by atoms with Crippen molar-refractivity contribution in [2.24, 2.45) is 0 Å². The molecule has 3 rings (SSSR count). The Morgan fingerprint density at radius 2 is 1.71 bits per heavy atom. The maximum Gasteiger partial charge on any atom is 0.239 e. The molecule has 2 aromatic carbocycles. The average Bonchev–Trinajstić information content (AvgIpc) is 2.71. The molecule has 152 valence electrons. The zero-order valence-corrected chi connectivity index (χ0v) is 16.9. The first kappa shape index (κ1) is 22.1. The Labute approximate surface area is 172 Å². The molecule has 2 aromatic rings. The molecule has 0 aliphatic carbocycles. The van der Waals surface area contributed by atoms with Gasteiger partial charge in [-0.1, -0.05) is 42.5 Å². The molecule has 1 aliphatic heterocycles. The van der Waals surface area contributed by atoms with Crippen LogP contribution in [0.5, 0.6) is 0 Å². The van der Waals surface area contributed by atoms with E-state index in [-0.39, 0.29) is 37.2 Å². The lowest BCUT2D eigenvalue weighted by Gasteiger charge is -2.27. The molecule has 1 aliphatic rings. The molecule has 28 heavy (non-hydrogen) atoms. The molecule has 0 atom stereocenters. The van der Waals surface area contributed by atoms with Crippen LogP contribution in [0.25, 0.3) is 10.8 Å². The summed E-state index contributed by atoms with van der Waals surface area (Å²) in [5.74, 6) is -0.274. The fraction of sp³-hybridized carbons (Fsp3) is 0.429. The molecule has 0 aromatic heterocycles. The Kier molecular flexibility index (Phi) is 9.20. The van der Waals surface area contributed by atoms with Crippen LogP contribution in [-0.2, 0) is 16.0 Å². The van der Waals surface area contributed by atoms with Gasteiger partial charge in [-0.05, 0) is 29.3 Å². The molecule has 0 bridgehead atoms. The minimum Gasteiger partial charge on any atom is -0.355 e. The molecular weight excluding hydrogens is 376 g/mol. The largest absolute Gasteiger partial charge is 0.355 e. The highest BCUT2D eigenvalue weighted by Crippen LogP contribution is 2.18. The van der Waals surface area contributed by atoms with Crippen molar-refractivity contribution in [2.45, 2.75) is 12.8 Å². The van der Waals surface area contributed by atoms with Crippen LogP contribution in [0, 0.1) is 0 Å². The number of benzene rings is 2. The maximum absolute atomic E-state index is 12.2. The molecule has 1 fully saturated rings. The van der Waals surface area contributed by atoms with Crippen molar-refractivity contribution in [1.82, 2.24) is 20.9 Å². The molecule has 7 heteroatoms. The lowest BCUT2D eigenvalue weighted by molar-refractivity contribution is -0.125. The van der Waals surface area contributed by atoms with Crippen LogP contribution in [-0.4, -0.2) is 62.5 Å². The van der Waals surface area contributed by atoms with Crippen molar-refractivity contribution < 1.29 is 9.59 Å². The molecule has 2 amide bonds. The van der Waals surface area contributed by atoms with Crippen LogP contribution in [0.4, 0.5) is 0 Å². The van der Waals surface area contributed by atoms with Crippen LogP contribution < -0.4 is 16.0 Å². The van der Waals surface area contributed by atoms with Crippen molar-refractivity contribution in [3.05, 3.63) is 48.0 Å². The predicted molar refractivity (Wildman–Crippen MR) is 115 cm³/mol. The second kappa shape index (κ2) is 11.6. The summed E-state index contributed by atoms with van der Waals surface area (Å²) in [5, 5.41) is 11.1. The van der Waals surface area contributed by atoms with Crippen LogP contribution in [0.1, 0.15) is 12.0 Å². The van der Waals surface area contributed by atoms with Gasteiger partial charge in [0.25, 0.3) is 0 Å². The van der Waals surface area contributed by atoms with Crippen molar-refractivity contribution in [1.29, 1.82) is 0 Å². The third kappa shape index (κ3) is 6.78. The number of nitrogens with zero attached hydrogens (tertiary/aromatic N) is 1. The number of carbonyl (C=O) groups excluding carboxylic acids is 2. The number of halogens is 1. The second-order valence-corrected chi connectivity index (χ2v) is 6.89. The first-order valence-corrected chi connectivity index (χ1v) is 9.65. The summed E-state index contributed by atoms with van der Waals surface area (Å²) in [6.45, 7) is 5.87. The van der Waals surface area contributed by atoms with Gasteiger partial charge in [-0.2, -0.15) is 0 Å². The molecule has 0 spiro atoms. The fourth-order valence-corrected chi connectivity index (χ4v) is 3.39. The number of piperazine rings is 1. The topological polar surface area (TPSA) is 73.5 Å². The summed E-state index contributed by atoms with van der Waals surface area (Å²) in [6, 6.07) is 13.9. The third-order valence-electron chi connectivity index (χ3n) is 4.86. The molecule has 1 heterocycles. The Morgan fingerprint density at radius 1 is 0.964 bits per heavy atom. The minimum absolute atomic E-state index is 0. The van der Waals surface area contributed by atoms with Gasteiger partial charge in [-0.3, -0.25) is 9.59 Å². The van der Waals surface area contributed by atoms with E-state index >= 15 is 0 Å². The Hall–Kier alpha value is -2.15. The smallest absolute Gasteiger partial charge is 0.239 e. The van der Waals surface area contributed by atoms with Crippen molar-refractivity contribution in [3.63, 3.8) is 0 Å². The van der Waals surface area contributed by atoms with E-state index in [2.05, 4.69) is 20.9 Å². The quantitative estimate of drug-likeness (QED) is 0.580.